The SMILES string of the molecule is CCCOCCCCCCCCCCCCCCCCc1ccccc1. The lowest BCUT2D eigenvalue weighted by Crippen LogP contribution is -1.95. The van der Waals surface area contributed by atoms with Gasteiger partial charge >= 0.3 is 0 Å². The quantitative estimate of drug-likeness (QED) is 0.226. The van der Waals surface area contributed by atoms with Crippen molar-refractivity contribution in [3.63, 3.8) is 0 Å². The summed E-state index contributed by atoms with van der Waals surface area (Å²) in [5.74, 6) is 0. The van der Waals surface area contributed by atoms with Crippen molar-refractivity contribution in [2.45, 2.75) is 110 Å². The Labute approximate surface area is 163 Å². The first-order chi connectivity index (χ1) is 12.9. The average Bonchev–Trinajstić information content (AvgIpc) is 2.68. The van der Waals surface area contributed by atoms with Crippen molar-refractivity contribution in [2.24, 2.45) is 0 Å². The standard InChI is InChI=1S/C25H44O/c1-2-23-26-24-19-14-12-10-8-6-4-3-5-7-9-11-13-16-20-25-21-17-15-18-22-25/h15,17-18,21-22H,2-14,16,19-20,23-24H2,1H3. The smallest absolute Gasteiger partial charge is 0.0466 e. The van der Waals surface area contributed by atoms with Crippen LogP contribution in [0.4, 0.5) is 0 Å². The van der Waals surface area contributed by atoms with Crippen LogP contribution >= 0.6 is 0 Å². The second-order valence-electron chi connectivity index (χ2n) is 7.80. The van der Waals surface area contributed by atoms with Crippen molar-refractivity contribution >= 4 is 0 Å². The molecule has 0 saturated carbocycles. The summed E-state index contributed by atoms with van der Waals surface area (Å²) in [6, 6.07) is 10.9. The zero-order chi connectivity index (χ0) is 18.5. The molecular formula is C25H44O. The van der Waals surface area contributed by atoms with E-state index in [0.29, 0.717) is 0 Å². The van der Waals surface area contributed by atoms with E-state index >= 15 is 0 Å². The van der Waals surface area contributed by atoms with Gasteiger partial charge in [-0.05, 0) is 31.2 Å². The number of benzene rings is 1. The summed E-state index contributed by atoms with van der Waals surface area (Å²) in [7, 11) is 0. The van der Waals surface area contributed by atoms with E-state index in [2.05, 4.69) is 37.3 Å². The number of aryl methyl sites for hydroxylation is 1. The maximum atomic E-state index is 5.52. The Morgan fingerprint density at radius 1 is 0.538 bits per heavy atom. The molecule has 1 nitrogen and oxygen atoms in total. The molecule has 1 rings (SSSR count). The number of hydrogen-bond donors (Lipinski definition) is 0. The molecule has 0 atom stereocenters. The monoisotopic (exact) mass is 360 g/mol. The predicted octanol–water partition coefficient (Wildman–Crippen LogP) is 8.12. The summed E-state index contributed by atoms with van der Waals surface area (Å²) in [6.45, 7) is 4.08. The number of hydrogen-bond acceptors (Lipinski definition) is 1. The van der Waals surface area contributed by atoms with Gasteiger partial charge in [-0.25, -0.2) is 0 Å². The second kappa shape index (κ2) is 19.0. The number of rotatable bonds is 19. The van der Waals surface area contributed by atoms with E-state index in [9.17, 15) is 0 Å². The van der Waals surface area contributed by atoms with Gasteiger partial charge in [0.1, 0.15) is 0 Å². The Bertz CT molecular complexity index is 373. The van der Waals surface area contributed by atoms with Crippen LogP contribution in [0.3, 0.4) is 0 Å². The number of ether oxygens (including phenoxy) is 1. The molecule has 0 spiro atoms. The average molecular weight is 361 g/mol. The van der Waals surface area contributed by atoms with Crippen molar-refractivity contribution in [2.75, 3.05) is 13.2 Å². The first kappa shape index (κ1) is 23.2. The van der Waals surface area contributed by atoms with E-state index in [4.69, 9.17) is 4.74 Å². The molecule has 0 aromatic heterocycles. The lowest BCUT2D eigenvalue weighted by atomic mass is 10.0. The normalized spacial score (nSPS) is 11.1. The molecule has 26 heavy (non-hydrogen) atoms. The van der Waals surface area contributed by atoms with Gasteiger partial charge in [0.15, 0.2) is 0 Å². The molecule has 0 aliphatic rings. The third-order valence-corrected chi connectivity index (χ3v) is 5.20. The fourth-order valence-corrected chi connectivity index (χ4v) is 3.55. The van der Waals surface area contributed by atoms with Gasteiger partial charge in [0.2, 0.25) is 0 Å². The molecule has 0 radical (unpaired) electrons. The van der Waals surface area contributed by atoms with Gasteiger partial charge in [0.25, 0.3) is 0 Å². The van der Waals surface area contributed by atoms with Crippen LogP contribution < -0.4 is 0 Å². The molecule has 150 valence electrons. The van der Waals surface area contributed by atoms with E-state index < -0.39 is 0 Å². The van der Waals surface area contributed by atoms with Crippen LogP contribution in [-0.2, 0) is 11.2 Å². The minimum atomic E-state index is 0.938. The minimum absolute atomic E-state index is 0.938. The van der Waals surface area contributed by atoms with Crippen molar-refractivity contribution in [1.29, 1.82) is 0 Å². The Balaban J connectivity index is 1.68. The molecule has 0 aliphatic carbocycles. The first-order valence-electron chi connectivity index (χ1n) is 11.5. The molecule has 0 fully saturated rings. The Morgan fingerprint density at radius 3 is 1.50 bits per heavy atom. The summed E-state index contributed by atoms with van der Waals surface area (Å²) >= 11 is 0. The van der Waals surface area contributed by atoms with Gasteiger partial charge in [-0.3, -0.25) is 0 Å². The Kier molecular flexibility index (Phi) is 16.9. The zero-order valence-electron chi connectivity index (χ0n) is 17.5. The molecular weight excluding hydrogens is 316 g/mol. The van der Waals surface area contributed by atoms with Gasteiger partial charge < -0.3 is 4.74 Å². The predicted molar refractivity (Wildman–Crippen MR) is 116 cm³/mol. The summed E-state index contributed by atoms with van der Waals surface area (Å²) in [5.41, 5.74) is 1.50. The summed E-state index contributed by atoms with van der Waals surface area (Å²) in [6.07, 6.45) is 22.2. The molecule has 1 aromatic carbocycles. The van der Waals surface area contributed by atoms with Crippen LogP contribution in [0.1, 0.15) is 109 Å². The van der Waals surface area contributed by atoms with Crippen molar-refractivity contribution in [1.82, 2.24) is 0 Å². The van der Waals surface area contributed by atoms with Gasteiger partial charge in [0.05, 0.1) is 0 Å². The molecule has 0 aliphatic heterocycles. The minimum Gasteiger partial charge on any atom is -0.381 e. The van der Waals surface area contributed by atoms with E-state index in [-0.39, 0.29) is 0 Å². The highest BCUT2D eigenvalue weighted by Crippen LogP contribution is 2.14. The zero-order valence-corrected chi connectivity index (χ0v) is 17.5. The highest BCUT2D eigenvalue weighted by Gasteiger charge is 1.96. The van der Waals surface area contributed by atoms with Crippen LogP contribution in [0.5, 0.6) is 0 Å². The Hall–Kier alpha value is -0.820. The van der Waals surface area contributed by atoms with Crippen molar-refractivity contribution in [3.8, 4) is 0 Å². The van der Waals surface area contributed by atoms with Crippen LogP contribution in [0.25, 0.3) is 0 Å². The van der Waals surface area contributed by atoms with Crippen LogP contribution in [0.15, 0.2) is 30.3 Å². The lowest BCUT2D eigenvalue weighted by Gasteiger charge is -2.04. The van der Waals surface area contributed by atoms with Crippen LogP contribution in [0, 0.1) is 0 Å². The van der Waals surface area contributed by atoms with E-state index in [1.807, 2.05) is 0 Å². The third kappa shape index (κ3) is 15.4. The number of unbranched alkanes of at least 4 members (excludes halogenated alkanes) is 13. The van der Waals surface area contributed by atoms with Gasteiger partial charge in [-0.2, -0.15) is 0 Å². The molecule has 0 bridgehead atoms. The summed E-state index contributed by atoms with van der Waals surface area (Å²) in [4.78, 5) is 0. The summed E-state index contributed by atoms with van der Waals surface area (Å²) < 4.78 is 5.52. The Morgan fingerprint density at radius 2 is 1.00 bits per heavy atom. The largest absolute Gasteiger partial charge is 0.381 e. The van der Waals surface area contributed by atoms with Crippen LogP contribution in [0.2, 0.25) is 0 Å². The van der Waals surface area contributed by atoms with E-state index in [0.717, 1.165) is 19.6 Å². The molecule has 0 amide bonds. The highest BCUT2D eigenvalue weighted by molar-refractivity contribution is 5.14. The third-order valence-electron chi connectivity index (χ3n) is 5.20. The van der Waals surface area contributed by atoms with Crippen LogP contribution in [-0.4, -0.2) is 13.2 Å². The van der Waals surface area contributed by atoms with Crippen molar-refractivity contribution in [3.05, 3.63) is 35.9 Å². The highest BCUT2D eigenvalue weighted by atomic mass is 16.5. The van der Waals surface area contributed by atoms with Gasteiger partial charge in [-0.15, -0.1) is 0 Å². The van der Waals surface area contributed by atoms with Crippen molar-refractivity contribution < 1.29 is 4.74 Å². The van der Waals surface area contributed by atoms with E-state index in [1.165, 1.54) is 102 Å². The lowest BCUT2D eigenvalue weighted by molar-refractivity contribution is 0.130. The molecule has 0 heterocycles. The molecule has 0 N–H and O–H groups in total. The molecule has 1 aromatic rings. The van der Waals surface area contributed by atoms with E-state index in [1.54, 1.807) is 0 Å². The fraction of sp³-hybridized carbons (Fsp3) is 0.760. The molecule has 1 heteroatoms. The molecule has 0 unspecified atom stereocenters. The topological polar surface area (TPSA) is 9.23 Å². The summed E-state index contributed by atoms with van der Waals surface area (Å²) in [5, 5.41) is 0. The first-order valence-corrected chi connectivity index (χ1v) is 11.5. The second-order valence-corrected chi connectivity index (χ2v) is 7.80. The fourth-order valence-electron chi connectivity index (χ4n) is 3.55. The van der Waals surface area contributed by atoms with Gasteiger partial charge in [-0.1, -0.05) is 114 Å². The maximum Gasteiger partial charge on any atom is 0.0466 e. The maximum absolute atomic E-state index is 5.52. The van der Waals surface area contributed by atoms with Gasteiger partial charge in [0, 0.05) is 13.2 Å². The molecule has 0 saturated heterocycles.